The molecule has 0 saturated carbocycles. The first-order chi connectivity index (χ1) is 7.78. The molecule has 0 aliphatic rings. The fourth-order valence-corrected chi connectivity index (χ4v) is 1.67. The van der Waals surface area contributed by atoms with Crippen molar-refractivity contribution in [3.8, 4) is 0 Å². The Kier molecular flexibility index (Phi) is 4.48. The fraction of sp³-hybridized carbons (Fsp3) is 0.333. The number of halogens is 1. The Morgan fingerprint density at radius 3 is 2.24 bits per heavy atom. The first-order valence-electron chi connectivity index (χ1n) is 5.17. The SMILES string of the molecule is CC(C)(C)NC(=S)NC(=O)c1ccc(Cl)cc1. The van der Waals surface area contributed by atoms with E-state index in [9.17, 15) is 4.79 Å². The molecule has 0 aliphatic carbocycles. The van der Waals surface area contributed by atoms with E-state index in [0.717, 1.165) is 0 Å². The standard InChI is InChI=1S/C12H15ClN2OS/c1-12(2,3)15-11(17)14-10(16)8-4-6-9(13)7-5-8/h4-7H,1-3H3,(H2,14,15,16,17). The van der Waals surface area contributed by atoms with Crippen molar-refractivity contribution in [1.82, 2.24) is 10.6 Å². The lowest BCUT2D eigenvalue weighted by molar-refractivity contribution is 0.0976. The summed E-state index contributed by atoms with van der Waals surface area (Å²) >= 11 is 10.8. The highest BCUT2D eigenvalue weighted by molar-refractivity contribution is 7.80. The van der Waals surface area contributed by atoms with Gasteiger partial charge in [0.1, 0.15) is 0 Å². The zero-order chi connectivity index (χ0) is 13.1. The van der Waals surface area contributed by atoms with E-state index in [1.807, 2.05) is 20.8 Å². The van der Waals surface area contributed by atoms with Crippen LogP contribution in [0.25, 0.3) is 0 Å². The molecule has 0 heterocycles. The van der Waals surface area contributed by atoms with Gasteiger partial charge in [-0.2, -0.15) is 0 Å². The maximum Gasteiger partial charge on any atom is 0.257 e. The molecule has 0 spiro atoms. The maximum atomic E-state index is 11.8. The molecule has 1 aromatic rings. The van der Waals surface area contributed by atoms with Crippen molar-refractivity contribution in [3.05, 3.63) is 34.9 Å². The molecule has 2 N–H and O–H groups in total. The first-order valence-corrected chi connectivity index (χ1v) is 5.95. The van der Waals surface area contributed by atoms with Crippen LogP contribution >= 0.6 is 23.8 Å². The third-order valence-electron chi connectivity index (χ3n) is 1.82. The van der Waals surface area contributed by atoms with Crippen LogP contribution in [0.5, 0.6) is 0 Å². The van der Waals surface area contributed by atoms with E-state index < -0.39 is 0 Å². The third kappa shape index (κ3) is 5.15. The number of carbonyl (C=O) groups is 1. The van der Waals surface area contributed by atoms with E-state index in [1.165, 1.54) is 0 Å². The van der Waals surface area contributed by atoms with Crippen LogP contribution < -0.4 is 10.6 Å². The Morgan fingerprint density at radius 2 is 1.76 bits per heavy atom. The summed E-state index contributed by atoms with van der Waals surface area (Å²) in [6, 6.07) is 6.63. The van der Waals surface area contributed by atoms with Gasteiger partial charge in [-0.05, 0) is 57.3 Å². The van der Waals surface area contributed by atoms with E-state index in [-0.39, 0.29) is 11.4 Å². The fourth-order valence-electron chi connectivity index (χ4n) is 1.15. The van der Waals surface area contributed by atoms with Crippen LogP contribution in [0.1, 0.15) is 31.1 Å². The topological polar surface area (TPSA) is 41.1 Å². The van der Waals surface area contributed by atoms with Crippen LogP contribution in [0.2, 0.25) is 5.02 Å². The number of carbonyl (C=O) groups excluding carboxylic acids is 1. The summed E-state index contributed by atoms with van der Waals surface area (Å²) in [5.41, 5.74) is 0.345. The lowest BCUT2D eigenvalue weighted by atomic mass is 10.1. The molecule has 1 amide bonds. The number of hydrogen-bond acceptors (Lipinski definition) is 2. The number of thiocarbonyl (C=S) groups is 1. The van der Waals surface area contributed by atoms with Crippen molar-refractivity contribution >= 4 is 34.8 Å². The lowest BCUT2D eigenvalue weighted by Gasteiger charge is -2.22. The summed E-state index contributed by atoms with van der Waals surface area (Å²) < 4.78 is 0. The summed E-state index contributed by atoms with van der Waals surface area (Å²) in [4.78, 5) is 11.8. The van der Waals surface area contributed by atoms with Gasteiger partial charge in [-0.15, -0.1) is 0 Å². The van der Waals surface area contributed by atoms with E-state index in [1.54, 1.807) is 24.3 Å². The van der Waals surface area contributed by atoms with E-state index in [0.29, 0.717) is 15.7 Å². The Labute approximate surface area is 112 Å². The molecule has 0 aliphatic heterocycles. The summed E-state index contributed by atoms with van der Waals surface area (Å²) in [6.07, 6.45) is 0. The number of nitrogens with one attached hydrogen (secondary N) is 2. The largest absolute Gasteiger partial charge is 0.358 e. The first kappa shape index (κ1) is 13.9. The Morgan fingerprint density at radius 1 is 1.24 bits per heavy atom. The van der Waals surface area contributed by atoms with Crippen molar-refractivity contribution in [1.29, 1.82) is 0 Å². The number of rotatable bonds is 1. The average Bonchev–Trinajstić information content (AvgIpc) is 2.15. The normalized spacial score (nSPS) is 10.8. The monoisotopic (exact) mass is 270 g/mol. The molecule has 5 heteroatoms. The number of benzene rings is 1. The third-order valence-corrected chi connectivity index (χ3v) is 2.28. The van der Waals surface area contributed by atoms with Crippen LogP contribution in [0, 0.1) is 0 Å². The predicted molar refractivity (Wildman–Crippen MR) is 74.4 cm³/mol. The summed E-state index contributed by atoms with van der Waals surface area (Å²) in [6.45, 7) is 5.90. The molecule has 1 rings (SSSR count). The smallest absolute Gasteiger partial charge is 0.257 e. The minimum absolute atomic E-state index is 0.176. The van der Waals surface area contributed by atoms with E-state index in [2.05, 4.69) is 10.6 Å². The van der Waals surface area contributed by atoms with Gasteiger partial charge in [-0.25, -0.2) is 0 Å². The van der Waals surface area contributed by atoms with Gasteiger partial charge in [0.2, 0.25) is 0 Å². The molecule has 0 bridgehead atoms. The maximum absolute atomic E-state index is 11.8. The minimum atomic E-state index is -0.247. The molecule has 0 atom stereocenters. The van der Waals surface area contributed by atoms with Gasteiger partial charge in [-0.1, -0.05) is 11.6 Å². The lowest BCUT2D eigenvalue weighted by Crippen LogP contribution is -2.48. The van der Waals surface area contributed by atoms with Crippen molar-refractivity contribution in [2.24, 2.45) is 0 Å². The molecule has 92 valence electrons. The number of amides is 1. The van der Waals surface area contributed by atoms with Gasteiger partial charge in [0, 0.05) is 16.1 Å². The van der Waals surface area contributed by atoms with Gasteiger partial charge in [-0.3, -0.25) is 10.1 Å². The summed E-state index contributed by atoms with van der Waals surface area (Å²) in [7, 11) is 0. The molecule has 17 heavy (non-hydrogen) atoms. The van der Waals surface area contributed by atoms with Crippen molar-refractivity contribution in [2.45, 2.75) is 26.3 Å². The van der Waals surface area contributed by atoms with Crippen LogP contribution in [0.4, 0.5) is 0 Å². The van der Waals surface area contributed by atoms with Crippen LogP contribution in [0.3, 0.4) is 0 Å². The highest BCUT2D eigenvalue weighted by atomic mass is 35.5. The second-order valence-electron chi connectivity index (χ2n) is 4.67. The van der Waals surface area contributed by atoms with Gasteiger partial charge in [0.05, 0.1) is 0 Å². The highest BCUT2D eigenvalue weighted by Gasteiger charge is 2.13. The highest BCUT2D eigenvalue weighted by Crippen LogP contribution is 2.09. The van der Waals surface area contributed by atoms with Crippen molar-refractivity contribution < 1.29 is 4.79 Å². The molecule has 0 unspecified atom stereocenters. The van der Waals surface area contributed by atoms with Gasteiger partial charge in [0.25, 0.3) is 5.91 Å². The van der Waals surface area contributed by atoms with Gasteiger partial charge in [0.15, 0.2) is 5.11 Å². The van der Waals surface area contributed by atoms with Gasteiger partial charge >= 0.3 is 0 Å². The Bertz CT molecular complexity index is 423. The molecule has 0 fully saturated rings. The van der Waals surface area contributed by atoms with Crippen molar-refractivity contribution in [3.63, 3.8) is 0 Å². The second-order valence-corrected chi connectivity index (χ2v) is 5.51. The number of hydrogen-bond donors (Lipinski definition) is 2. The summed E-state index contributed by atoms with van der Waals surface area (Å²) in [5.74, 6) is -0.247. The van der Waals surface area contributed by atoms with E-state index >= 15 is 0 Å². The predicted octanol–water partition coefficient (Wildman–Crippen LogP) is 2.74. The quantitative estimate of drug-likeness (QED) is 0.771. The molecule has 0 saturated heterocycles. The minimum Gasteiger partial charge on any atom is -0.358 e. The summed E-state index contributed by atoms with van der Waals surface area (Å²) in [5, 5.41) is 6.53. The molecular weight excluding hydrogens is 256 g/mol. The average molecular weight is 271 g/mol. The second kappa shape index (κ2) is 5.47. The molecule has 0 aromatic heterocycles. The van der Waals surface area contributed by atoms with Crippen molar-refractivity contribution in [2.75, 3.05) is 0 Å². The molecule has 1 aromatic carbocycles. The zero-order valence-corrected chi connectivity index (χ0v) is 11.6. The Balaban J connectivity index is 2.61. The molecular formula is C12H15ClN2OS. The van der Waals surface area contributed by atoms with Crippen LogP contribution in [-0.2, 0) is 0 Å². The van der Waals surface area contributed by atoms with E-state index in [4.69, 9.17) is 23.8 Å². The molecule has 0 radical (unpaired) electrons. The zero-order valence-electron chi connectivity index (χ0n) is 10.0. The van der Waals surface area contributed by atoms with Gasteiger partial charge < -0.3 is 5.32 Å². The van der Waals surface area contributed by atoms with Crippen LogP contribution in [0.15, 0.2) is 24.3 Å². The Hall–Kier alpha value is -1.13. The molecule has 3 nitrogen and oxygen atoms in total. The van der Waals surface area contributed by atoms with Crippen LogP contribution in [-0.4, -0.2) is 16.6 Å².